The van der Waals surface area contributed by atoms with Gasteiger partial charge in [0.25, 0.3) is 0 Å². The molecule has 0 unspecified atom stereocenters. The van der Waals surface area contributed by atoms with Crippen LogP contribution in [0.25, 0.3) is 0 Å². The molecule has 3 aliphatic heterocycles. The molecule has 7 nitrogen and oxygen atoms in total. The second kappa shape index (κ2) is 8.40. The van der Waals surface area contributed by atoms with Gasteiger partial charge in [-0.15, -0.1) is 0 Å². The van der Waals surface area contributed by atoms with Gasteiger partial charge in [-0.2, -0.15) is 0 Å². The van der Waals surface area contributed by atoms with Gasteiger partial charge >= 0.3 is 0 Å². The zero-order valence-electron chi connectivity index (χ0n) is 17.1. The highest BCUT2D eigenvalue weighted by molar-refractivity contribution is 6.30. The Morgan fingerprint density at radius 1 is 1.00 bits per heavy atom. The van der Waals surface area contributed by atoms with Crippen LogP contribution in [0.1, 0.15) is 12.0 Å². The molecule has 2 saturated heterocycles. The lowest BCUT2D eigenvalue weighted by Gasteiger charge is -2.36. The van der Waals surface area contributed by atoms with Crippen molar-refractivity contribution in [3.63, 3.8) is 0 Å². The number of piperazine rings is 1. The highest BCUT2D eigenvalue weighted by atomic mass is 35.5. The summed E-state index contributed by atoms with van der Waals surface area (Å²) in [5.74, 6) is 1.36. The van der Waals surface area contributed by atoms with Crippen molar-refractivity contribution in [1.29, 1.82) is 0 Å². The second-order valence-electron chi connectivity index (χ2n) is 8.17. The Morgan fingerprint density at radius 2 is 1.74 bits per heavy atom. The van der Waals surface area contributed by atoms with Gasteiger partial charge in [-0.1, -0.05) is 17.7 Å². The third kappa shape index (κ3) is 4.20. The number of ether oxygens (including phenoxy) is 2. The molecule has 8 heteroatoms. The molecular weight excluding hydrogens is 418 g/mol. The van der Waals surface area contributed by atoms with E-state index in [-0.39, 0.29) is 30.9 Å². The van der Waals surface area contributed by atoms with Gasteiger partial charge in [0.2, 0.25) is 18.6 Å². The van der Waals surface area contributed by atoms with E-state index in [0.29, 0.717) is 24.7 Å². The predicted molar refractivity (Wildman–Crippen MR) is 116 cm³/mol. The minimum absolute atomic E-state index is 0.0119. The van der Waals surface area contributed by atoms with E-state index < -0.39 is 0 Å². The fourth-order valence-corrected chi connectivity index (χ4v) is 4.55. The fourth-order valence-electron chi connectivity index (χ4n) is 4.43. The Bertz CT molecular complexity index is 989. The summed E-state index contributed by atoms with van der Waals surface area (Å²) in [6.45, 7) is 4.48. The van der Waals surface area contributed by atoms with Gasteiger partial charge in [0.05, 0.1) is 5.92 Å². The van der Waals surface area contributed by atoms with Crippen LogP contribution in [0, 0.1) is 5.92 Å². The maximum absolute atomic E-state index is 13.0. The lowest BCUT2D eigenvalue weighted by atomic mass is 10.1. The smallest absolute Gasteiger partial charge is 0.231 e. The molecular formula is C23H24ClN3O4. The van der Waals surface area contributed by atoms with Crippen LogP contribution >= 0.6 is 11.6 Å². The van der Waals surface area contributed by atoms with Crippen molar-refractivity contribution in [2.24, 2.45) is 5.92 Å². The quantitative estimate of drug-likeness (QED) is 0.730. The third-order valence-corrected chi connectivity index (χ3v) is 6.39. The van der Waals surface area contributed by atoms with Crippen LogP contribution in [-0.4, -0.2) is 61.1 Å². The van der Waals surface area contributed by atoms with Crippen LogP contribution in [0.2, 0.25) is 5.02 Å². The van der Waals surface area contributed by atoms with Crippen molar-refractivity contribution in [2.45, 2.75) is 13.0 Å². The molecule has 2 aromatic carbocycles. The van der Waals surface area contributed by atoms with Gasteiger partial charge in [-0.3, -0.25) is 14.5 Å². The van der Waals surface area contributed by atoms with Gasteiger partial charge < -0.3 is 19.3 Å². The van der Waals surface area contributed by atoms with E-state index in [1.54, 1.807) is 17.0 Å². The zero-order chi connectivity index (χ0) is 21.4. The summed E-state index contributed by atoms with van der Waals surface area (Å²) in [5, 5.41) is 0.627. The van der Waals surface area contributed by atoms with Gasteiger partial charge in [0.1, 0.15) is 0 Å². The molecule has 0 saturated carbocycles. The molecule has 0 aromatic heterocycles. The van der Waals surface area contributed by atoms with Crippen LogP contribution in [-0.2, 0) is 16.1 Å². The monoisotopic (exact) mass is 441 g/mol. The lowest BCUT2D eigenvalue weighted by Crippen LogP contribution is -2.50. The standard InChI is InChI=1S/C23H24ClN3O4/c24-18-2-4-19(5-3-18)27-14-17(12-22(27)28)23(29)26-9-7-25(8-10-26)13-16-1-6-20-21(11-16)31-15-30-20/h1-6,11,17H,7-10,12-15H2/t17-/m1/s1. The summed E-state index contributed by atoms with van der Waals surface area (Å²) in [7, 11) is 0. The zero-order valence-corrected chi connectivity index (χ0v) is 17.9. The molecule has 1 atom stereocenters. The van der Waals surface area contributed by atoms with Crippen LogP contribution in [0.5, 0.6) is 11.5 Å². The molecule has 0 spiro atoms. The first-order valence-corrected chi connectivity index (χ1v) is 10.9. The third-order valence-electron chi connectivity index (χ3n) is 6.14. The molecule has 3 aliphatic rings. The van der Waals surface area contributed by atoms with Crippen molar-refractivity contribution in [3.05, 3.63) is 53.1 Å². The fraction of sp³-hybridized carbons (Fsp3) is 0.391. The number of carbonyl (C=O) groups excluding carboxylic acids is 2. The molecule has 5 rings (SSSR count). The van der Waals surface area contributed by atoms with E-state index in [2.05, 4.69) is 11.0 Å². The topological polar surface area (TPSA) is 62.3 Å². The SMILES string of the molecule is O=C([C@@H]1CC(=O)N(c2ccc(Cl)cc2)C1)N1CCN(Cc2ccc3c(c2)OCO3)CC1. The number of halogens is 1. The Hall–Kier alpha value is -2.77. The number of hydrogen-bond acceptors (Lipinski definition) is 5. The van der Waals surface area contributed by atoms with Crippen molar-refractivity contribution < 1.29 is 19.1 Å². The number of carbonyl (C=O) groups is 2. The van der Waals surface area contributed by atoms with Gasteiger partial charge in [0, 0.05) is 56.4 Å². The Labute approximate surface area is 186 Å². The first-order valence-electron chi connectivity index (χ1n) is 10.5. The number of benzene rings is 2. The molecule has 0 N–H and O–H groups in total. The summed E-state index contributed by atoms with van der Waals surface area (Å²) in [5.41, 5.74) is 1.96. The molecule has 2 aromatic rings. The van der Waals surface area contributed by atoms with Crippen molar-refractivity contribution >= 4 is 29.1 Å². The molecule has 2 fully saturated rings. The second-order valence-corrected chi connectivity index (χ2v) is 8.61. The number of hydrogen-bond donors (Lipinski definition) is 0. The number of amides is 2. The highest BCUT2D eigenvalue weighted by Gasteiger charge is 2.38. The van der Waals surface area contributed by atoms with Gasteiger partial charge in [-0.25, -0.2) is 0 Å². The Balaban J connectivity index is 1.15. The number of anilines is 1. The molecule has 2 amide bonds. The van der Waals surface area contributed by atoms with E-state index in [0.717, 1.165) is 36.8 Å². The normalized spacial score (nSPS) is 21.1. The molecule has 162 valence electrons. The number of nitrogens with zero attached hydrogens (tertiary/aromatic N) is 3. The van der Waals surface area contributed by atoms with E-state index in [4.69, 9.17) is 21.1 Å². The largest absolute Gasteiger partial charge is 0.454 e. The average molecular weight is 442 g/mol. The van der Waals surface area contributed by atoms with E-state index in [9.17, 15) is 9.59 Å². The van der Waals surface area contributed by atoms with Crippen LogP contribution in [0.4, 0.5) is 5.69 Å². The minimum atomic E-state index is -0.288. The predicted octanol–water partition coefficient (Wildman–Crippen LogP) is 2.77. The van der Waals surface area contributed by atoms with Gasteiger partial charge in [-0.05, 0) is 42.0 Å². The summed E-state index contributed by atoms with van der Waals surface area (Å²) < 4.78 is 10.8. The summed E-state index contributed by atoms with van der Waals surface area (Å²) in [6, 6.07) is 13.2. The maximum atomic E-state index is 13.0. The van der Waals surface area contributed by atoms with Crippen molar-refractivity contribution in [3.8, 4) is 11.5 Å². The molecule has 0 aliphatic carbocycles. The molecule has 0 radical (unpaired) electrons. The van der Waals surface area contributed by atoms with Crippen LogP contribution < -0.4 is 14.4 Å². The molecule has 31 heavy (non-hydrogen) atoms. The summed E-state index contributed by atoms with van der Waals surface area (Å²) >= 11 is 5.94. The Kier molecular flexibility index (Phi) is 5.46. The highest BCUT2D eigenvalue weighted by Crippen LogP contribution is 2.33. The number of rotatable bonds is 4. The van der Waals surface area contributed by atoms with Crippen LogP contribution in [0.3, 0.4) is 0 Å². The van der Waals surface area contributed by atoms with Gasteiger partial charge in [0.15, 0.2) is 11.5 Å². The summed E-state index contributed by atoms with van der Waals surface area (Å²) in [4.78, 5) is 31.5. The van der Waals surface area contributed by atoms with Crippen LogP contribution in [0.15, 0.2) is 42.5 Å². The van der Waals surface area contributed by atoms with Crippen molar-refractivity contribution in [1.82, 2.24) is 9.80 Å². The summed E-state index contributed by atoms with van der Waals surface area (Å²) in [6.07, 6.45) is 0.263. The number of fused-ring (bicyclic) bond motifs is 1. The first kappa shape index (κ1) is 20.2. The van der Waals surface area contributed by atoms with Crippen molar-refractivity contribution in [2.75, 3.05) is 44.4 Å². The van der Waals surface area contributed by atoms with E-state index in [1.807, 2.05) is 29.2 Å². The van der Waals surface area contributed by atoms with E-state index in [1.165, 1.54) is 5.56 Å². The minimum Gasteiger partial charge on any atom is -0.454 e. The molecule has 3 heterocycles. The maximum Gasteiger partial charge on any atom is 0.231 e. The lowest BCUT2D eigenvalue weighted by molar-refractivity contribution is -0.137. The molecule has 0 bridgehead atoms. The first-order chi connectivity index (χ1) is 15.1. The average Bonchev–Trinajstić information content (AvgIpc) is 3.40. The van der Waals surface area contributed by atoms with E-state index >= 15 is 0 Å². The Morgan fingerprint density at radius 3 is 2.52 bits per heavy atom.